The average molecular weight is 585 g/mol. The summed E-state index contributed by atoms with van der Waals surface area (Å²) < 4.78 is 6.16. The van der Waals surface area contributed by atoms with Gasteiger partial charge in [0.2, 0.25) is 11.8 Å². The molecule has 0 bridgehead atoms. The number of anilines is 1. The van der Waals surface area contributed by atoms with Crippen LogP contribution in [0.25, 0.3) is 6.08 Å². The predicted molar refractivity (Wildman–Crippen MR) is 169 cm³/mol. The van der Waals surface area contributed by atoms with E-state index < -0.39 is 26.1 Å². The topological polar surface area (TPSA) is 128 Å². The predicted octanol–water partition coefficient (Wildman–Crippen LogP) is 4.06. The molecule has 2 fully saturated rings. The molecule has 2 heterocycles. The zero-order valence-electron chi connectivity index (χ0n) is 25.4. The lowest BCUT2D eigenvalue weighted by Gasteiger charge is -2.43. The molecule has 2 saturated heterocycles. The van der Waals surface area contributed by atoms with Crippen LogP contribution in [0.3, 0.4) is 0 Å². The van der Waals surface area contributed by atoms with E-state index in [1.165, 1.54) is 22.6 Å². The first-order chi connectivity index (χ1) is 20.5. The van der Waals surface area contributed by atoms with Crippen molar-refractivity contribution in [2.45, 2.75) is 78.6 Å². The molecule has 2 aromatic carbocycles. The van der Waals surface area contributed by atoms with Crippen LogP contribution in [0.15, 0.2) is 53.1 Å². The minimum absolute atomic E-state index is 0.205. The third-order valence-electron chi connectivity index (χ3n) is 9.34. The molecule has 0 saturated carbocycles. The summed E-state index contributed by atoms with van der Waals surface area (Å²) in [5.41, 5.74) is 6.68. The molecular formula is C33H41B2NO7. The normalized spacial score (nSPS) is 24.0. The van der Waals surface area contributed by atoms with Gasteiger partial charge in [-0.3, -0.25) is 14.5 Å². The van der Waals surface area contributed by atoms with Crippen LogP contribution < -0.4 is 10.4 Å². The summed E-state index contributed by atoms with van der Waals surface area (Å²) >= 11 is 0. The van der Waals surface area contributed by atoms with Gasteiger partial charge in [0.05, 0.1) is 23.6 Å². The number of benzene rings is 2. The lowest BCUT2D eigenvalue weighted by Crippen LogP contribution is -2.46. The van der Waals surface area contributed by atoms with Crippen molar-refractivity contribution in [1.82, 2.24) is 0 Å². The van der Waals surface area contributed by atoms with E-state index in [9.17, 15) is 29.8 Å². The molecule has 2 aromatic rings. The van der Waals surface area contributed by atoms with Gasteiger partial charge in [-0.25, -0.2) is 0 Å². The van der Waals surface area contributed by atoms with Crippen LogP contribution in [0.5, 0.6) is 5.75 Å². The van der Waals surface area contributed by atoms with E-state index >= 15 is 0 Å². The molecule has 4 atom stereocenters. The van der Waals surface area contributed by atoms with Crippen LogP contribution in [-0.4, -0.2) is 52.3 Å². The molecule has 226 valence electrons. The van der Waals surface area contributed by atoms with E-state index in [1.54, 1.807) is 12.1 Å². The van der Waals surface area contributed by atoms with Crippen molar-refractivity contribution >= 4 is 43.3 Å². The van der Waals surface area contributed by atoms with Gasteiger partial charge < -0.3 is 24.8 Å². The summed E-state index contributed by atoms with van der Waals surface area (Å²) in [6.45, 7) is 8.00. The van der Waals surface area contributed by atoms with Crippen molar-refractivity contribution in [3.63, 3.8) is 0 Å². The largest absolute Gasteiger partial charge is 0.507 e. The van der Waals surface area contributed by atoms with Gasteiger partial charge in [0.25, 0.3) is 0 Å². The summed E-state index contributed by atoms with van der Waals surface area (Å²) in [5.74, 6) is -1.71. The molecule has 0 unspecified atom stereocenters. The number of carbonyl (C=O) groups is 2. The molecule has 2 amide bonds. The Morgan fingerprint density at radius 1 is 1.07 bits per heavy atom. The Morgan fingerprint density at radius 2 is 1.79 bits per heavy atom. The maximum absolute atomic E-state index is 13.9. The number of aromatic hydroxyl groups is 1. The molecule has 3 aliphatic rings. The zero-order valence-corrected chi connectivity index (χ0v) is 25.4. The third-order valence-corrected chi connectivity index (χ3v) is 9.34. The Labute approximate surface area is 254 Å². The molecule has 10 heteroatoms. The first-order valence-corrected chi connectivity index (χ1v) is 15.4. The summed E-state index contributed by atoms with van der Waals surface area (Å²) in [5, 5.41) is 40.4. The van der Waals surface area contributed by atoms with Gasteiger partial charge in [-0.05, 0) is 110 Å². The van der Waals surface area contributed by atoms with Gasteiger partial charge in [0, 0.05) is 0 Å². The van der Waals surface area contributed by atoms with Crippen molar-refractivity contribution in [1.29, 1.82) is 0 Å². The van der Waals surface area contributed by atoms with E-state index in [4.69, 9.17) is 4.65 Å². The van der Waals surface area contributed by atoms with Gasteiger partial charge in [-0.15, -0.1) is 0 Å². The van der Waals surface area contributed by atoms with Gasteiger partial charge >= 0.3 is 14.2 Å². The molecule has 1 aliphatic carbocycles. The van der Waals surface area contributed by atoms with E-state index in [0.29, 0.717) is 24.3 Å². The van der Waals surface area contributed by atoms with Crippen LogP contribution >= 0.6 is 0 Å². The lowest BCUT2D eigenvalue weighted by molar-refractivity contribution is -0.122. The number of nitrogens with zero attached hydrogens (tertiary/aromatic N) is 1. The second kappa shape index (κ2) is 12.8. The molecule has 8 nitrogen and oxygen atoms in total. The molecule has 43 heavy (non-hydrogen) atoms. The van der Waals surface area contributed by atoms with E-state index in [1.807, 2.05) is 26.0 Å². The first-order valence-electron chi connectivity index (χ1n) is 15.4. The highest BCUT2D eigenvalue weighted by atomic mass is 16.5. The highest BCUT2D eigenvalue weighted by Crippen LogP contribution is 2.51. The van der Waals surface area contributed by atoms with Gasteiger partial charge in [0.1, 0.15) is 5.75 Å². The van der Waals surface area contributed by atoms with Crippen molar-refractivity contribution in [2.75, 3.05) is 4.90 Å². The Hall–Kier alpha value is -3.17. The molecule has 4 N–H and O–H groups in total. The summed E-state index contributed by atoms with van der Waals surface area (Å²) in [6.07, 6.45) is 6.55. The minimum atomic E-state index is -1.71. The number of hydrogen-bond donors (Lipinski definition) is 4. The number of phenols is 1. The lowest BCUT2D eigenvalue weighted by atomic mass is 9.58. The smallest absolute Gasteiger partial charge is 0.488 e. The number of allylic oxidation sites excluding steroid dienone is 2. The number of imide groups is 1. The standard InChI is InChI=1S/C33H41B2NO7/c1-5-8-21(15-22-13-19(3)31(37)20(4)14-22)11-12-28-29-23(6-2)16-26-30(27(29)18-34(40)43-28)33(39)36(32(26)38)25-10-7-9-24(17-25)35(41)42/h7,9-10,13-15,17,26-28,30,37,40-42H,5-6,8,11-12,16,18H2,1-4H3/b21-15+/t26-,27+,28-,30-/m1/s1. The van der Waals surface area contributed by atoms with Crippen molar-refractivity contribution in [2.24, 2.45) is 17.8 Å². The van der Waals surface area contributed by atoms with Crippen LogP contribution in [-0.2, 0) is 14.2 Å². The Balaban J connectivity index is 1.43. The Kier molecular flexibility index (Phi) is 9.32. The Morgan fingerprint density at radius 3 is 2.44 bits per heavy atom. The number of carbonyl (C=O) groups excluding carboxylic acids is 2. The van der Waals surface area contributed by atoms with Crippen molar-refractivity contribution < 1.29 is 34.4 Å². The van der Waals surface area contributed by atoms with E-state index in [0.717, 1.165) is 53.5 Å². The summed E-state index contributed by atoms with van der Waals surface area (Å²) in [4.78, 5) is 28.8. The van der Waals surface area contributed by atoms with E-state index in [-0.39, 0.29) is 35.6 Å². The zero-order chi connectivity index (χ0) is 31.0. The fourth-order valence-electron chi connectivity index (χ4n) is 7.40. The fourth-order valence-corrected chi connectivity index (χ4v) is 7.40. The third kappa shape index (κ3) is 6.11. The number of hydrogen-bond acceptors (Lipinski definition) is 7. The summed E-state index contributed by atoms with van der Waals surface area (Å²) in [7, 11) is -2.75. The van der Waals surface area contributed by atoms with Crippen molar-refractivity contribution in [3.05, 3.63) is 69.8 Å². The fraction of sp³-hybridized carbons (Fsp3) is 0.455. The maximum Gasteiger partial charge on any atom is 0.488 e. The number of rotatable bonds is 9. The van der Waals surface area contributed by atoms with Crippen LogP contribution in [0.4, 0.5) is 5.69 Å². The second-order valence-electron chi connectivity index (χ2n) is 12.2. The van der Waals surface area contributed by atoms with Gasteiger partial charge in [-0.2, -0.15) is 0 Å². The van der Waals surface area contributed by atoms with Crippen LogP contribution in [0, 0.1) is 31.6 Å². The quantitative estimate of drug-likeness (QED) is 0.199. The highest BCUT2D eigenvalue weighted by Gasteiger charge is 2.57. The van der Waals surface area contributed by atoms with Gasteiger partial charge in [0.15, 0.2) is 0 Å². The molecule has 0 aromatic heterocycles. The monoisotopic (exact) mass is 585 g/mol. The number of amides is 2. The number of aryl methyl sites for hydroxylation is 2. The molecule has 0 radical (unpaired) electrons. The van der Waals surface area contributed by atoms with E-state index in [2.05, 4.69) is 19.9 Å². The second-order valence-corrected chi connectivity index (χ2v) is 12.2. The highest BCUT2D eigenvalue weighted by molar-refractivity contribution is 6.58. The number of fused-ring (bicyclic) bond motifs is 3. The summed E-state index contributed by atoms with van der Waals surface area (Å²) in [6, 6.07) is 10.2. The first kappa shape index (κ1) is 31.3. The SMILES string of the molecule is CCC/C(=C\c1cc(C)c(O)c(C)c1)CC[C@H]1OB(O)C[C@H]2C1=C(CC)C[C@H]1C(=O)N(c3cccc(B(O)O)c3)C(=O)[C@H]12. The molecule has 2 aliphatic heterocycles. The van der Waals surface area contributed by atoms with Crippen LogP contribution in [0.1, 0.15) is 69.1 Å². The minimum Gasteiger partial charge on any atom is -0.507 e. The van der Waals surface area contributed by atoms with Gasteiger partial charge in [-0.1, -0.05) is 49.6 Å². The number of phenolic OH excluding ortho intramolecular Hbond substituents is 1. The molecular weight excluding hydrogens is 544 g/mol. The average Bonchev–Trinajstić information content (AvgIpc) is 3.23. The molecule has 0 spiro atoms. The van der Waals surface area contributed by atoms with Crippen molar-refractivity contribution in [3.8, 4) is 5.75 Å². The maximum atomic E-state index is 13.9. The molecule has 5 rings (SSSR count). The Bertz CT molecular complexity index is 1450. The van der Waals surface area contributed by atoms with Crippen LogP contribution in [0.2, 0.25) is 6.32 Å².